The van der Waals surface area contributed by atoms with E-state index >= 15 is 0 Å². The summed E-state index contributed by atoms with van der Waals surface area (Å²) >= 11 is 6.00. The lowest BCUT2D eigenvalue weighted by Crippen LogP contribution is -2.33. The minimum Gasteiger partial charge on any atom is -0.341 e. The zero-order valence-corrected chi connectivity index (χ0v) is 12.6. The Morgan fingerprint density at radius 2 is 1.50 bits per heavy atom. The summed E-state index contributed by atoms with van der Waals surface area (Å²) in [6, 6.07) is 0.331. The third kappa shape index (κ3) is 3.45. The van der Waals surface area contributed by atoms with Crippen LogP contribution >= 0.6 is 11.6 Å². The van der Waals surface area contributed by atoms with E-state index in [1.54, 1.807) is 0 Å². The van der Waals surface area contributed by atoms with Gasteiger partial charge in [-0.3, -0.25) is 0 Å². The van der Waals surface area contributed by atoms with Crippen molar-refractivity contribution in [3.05, 3.63) is 5.28 Å². The van der Waals surface area contributed by atoms with E-state index in [1.165, 1.54) is 0 Å². The molecule has 0 aromatic carbocycles. The monoisotopic (exact) mass is 271 g/mol. The molecule has 0 unspecified atom stereocenters. The third-order valence-corrected chi connectivity index (χ3v) is 3.02. The summed E-state index contributed by atoms with van der Waals surface area (Å²) in [6.45, 7) is 13.0. The first kappa shape index (κ1) is 15.0. The Bertz CT molecular complexity index is 379. The first-order valence-corrected chi connectivity index (χ1v) is 6.84. The summed E-state index contributed by atoms with van der Waals surface area (Å²) in [4.78, 5) is 17.1. The Balaban J connectivity index is 3.14. The van der Waals surface area contributed by atoms with Crippen molar-refractivity contribution in [1.29, 1.82) is 0 Å². The molecule has 0 saturated heterocycles. The maximum atomic E-state index is 6.00. The van der Waals surface area contributed by atoms with Gasteiger partial charge in [-0.1, -0.05) is 0 Å². The van der Waals surface area contributed by atoms with Crippen molar-refractivity contribution in [3.8, 4) is 0 Å². The molecule has 18 heavy (non-hydrogen) atoms. The van der Waals surface area contributed by atoms with Crippen molar-refractivity contribution in [2.45, 2.75) is 40.7 Å². The molecule has 1 rings (SSSR count). The Kier molecular flexibility index (Phi) is 5.59. The van der Waals surface area contributed by atoms with E-state index in [2.05, 4.69) is 59.4 Å². The van der Waals surface area contributed by atoms with E-state index in [0.717, 1.165) is 19.6 Å². The zero-order valence-electron chi connectivity index (χ0n) is 11.8. The van der Waals surface area contributed by atoms with E-state index in [4.69, 9.17) is 11.6 Å². The van der Waals surface area contributed by atoms with E-state index in [-0.39, 0.29) is 5.28 Å². The Morgan fingerprint density at radius 1 is 0.944 bits per heavy atom. The average Bonchev–Trinajstić information content (AvgIpc) is 2.30. The van der Waals surface area contributed by atoms with E-state index in [1.807, 2.05) is 0 Å². The lowest BCUT2D eigenvalue weighted by Gasteiger charge is -2.26. The van der Waals surface area contributed by atoms with Crippen LogP contribution in [0.1, 0.15) is 34.6 Å². The molecule has 6 heteroatoms. The predicted molar refractivity (Wildman–Crippen MR) is 76.6 cm³/mol. The number of hydrogen-bond donors (Lipinski definition) is 0. The lowest BCUT2D eigenvalue weighted by molar-refractivity contribution is 0.674. The van der Waals surface area contributed by atoms with Gasteiger partial charge in [0.05, 0.1) is 0 Å². The van der Waals surface area contributed by atoms with Crippen LogP contribution in [0.5, 0.6) is 0 Å². The van der Waals surface area contributed by atoms with Crippen molar-refractivity contribution in [3.63, 3.8) is 0 Å². The molecule has 0 N–H and O–H groups in total. The minimum absolute atomic E-state index is 0.251. The summed E-state index contributed by atoms with van der Waals surface area (Å²) in [5.74, 6) is 1.29. The summed E-state index contributed by atoms with van der Waals surface area (Å²) in [5, 5.41) is 0.251. The Morgan fingerprint density at radius 3 is 1.94 bits per heavy atom. The van der Waals surface area contributed by atoms with Gasteiger partial charge < -0.3 is 9.80 Å². The number of nitrogens with zero attached hydrogens (tertiary/aromatic N) is 5. The number of aromatic nitrogens is 3. The second-order valence-corrected chi connectivity index (χ2v) is 4.59. The maximum absolute atomic E-state index is 6.00. The van der Waals surface area contributed by atoms with Gasteiger partial charge >= 0.3 is 0 Å². The van der Waals surface area contributed by atoms with Crippen molar-refractivity contribution in [2.75, 3.05) is 29.4 Å². The molecule has 0 aliphatic heterocycles. The number of hydrogen-bond acceptors (Lipinski definition) is 5. The van der Waals surface area contributed by atoms with Gasteiger partial charge in [0, 0.05) is 25.7 Å². The van der Waals surface area contributed by atoms with Gasteiger partial charge in [0.15, 0.2) is 0 Å². The fraction of sp³-hybridized carbons (Fsp3) is 0.750. The van der Waals surface area contributed by atoms with Crippen LogP contribution in [0.2, 0.25) is 5.28 Å². The molecule has 0 amide bonds. The van der Waals surface area contributed by atoms with Gasteiger partial charge in [-0.05, 0) is 46.2 Å². The smallest absolute Gasteiger partial charge is 0.231 e. The van der Waals surface area contributed by atoms with Crippen molar-refractivity contribution in [2.24, 2.45) is 0 Å². The van der Waals surface area contributed by atoms with Crippen LogP contribution in [-0.2, 0) is 0 Å². The Hall–Kier alpha value is -1.10. The highest BCUT2D eigenvalue weighted by atomic mass is 35.5. The molecular weight excluding hydrogens is 250 g/mol. The van der Waals surface area contributed by atoms with Crippen molar-refractivity contribution < 1.29 is 0 Å². The molecule has 102 valence electrons. The highest BCUT2D eigenvalue weighted by molar-refractivity contribution is 6.28. The number of halogens is 1. The van der Waals surface area contributed by atoms with Gasteiger partial charge in [-0.15, -0.1) is 0 Å². The maximum Gasteiger partial charge on any atom is 0.231 e. The van der Waals surface area contributed by atoms with Crippen LogP contribution in [0.4, 0.5) is 11.9 Å². The van der Waals surface area contributed by atoms with Crippen LogP contribution in [0, 0.1) is 0 Å². The second kappa shape index (κ2) is 6.73. The summed E-state index contributed by atoms with van der Waals surface area (Å²) in [5.41, 5.74) is 0. The molecule has 0 saturated carbocycles. The largest absolute Gasteiger partial charge is 0.341 e. The summed E-state index contributed by atoms with van der Waals surface area (Å²) < 4.78 is 0. The second-order valence-electron chi connectivity index (χ2n) is 4.26. The van der Waals surface area contributed by atoms with Gasteiger partial charge in [-0.2, -0.15) is 15.0 Å². The van der Waals surface area contributed by atoms with Crippen LogP contribution in [0.25, 0.3) is 0 Å². The highest BCUT2D eigenvalue weighted by Gasteiger charge is 2.16. The molecule has 0 atom stereocenters. The van der Waals surface area contributed by atoms with Crippen LogP contribution in [0.3, 0.4) is 0 Å². The Labute approximate surface area is 114 Å². The molecule has 1 aromatic heterocycles. The molecule has 0 bridgehead atoms. The molecule has 0 aliphatic carbocycles. The fourth-order valence-corrected chi connectivity index (χ4v) is 1.99. The van der Waals surface area contributed by atoms with E-state index in [9.17, 15) is 0 Å². The quantitative estimate of drug-likeness (QED) is 0.796. The minimum atomic E-state index is 0.251. The van der Waals surface area contributed by atoms with Gasteiger partial charge in [-0.25, -0.2) is 0 Å². The van der Waals surface area contributed by atoms with Crippen LogP contribution in [0.15, 0.2) is 0 Å². The molecule has 1 aromatic rings. The molecule has 5 nitrogen and oxygen atoms in total. The number of rotatable bonds is 6. The van der Waals surface area contributed by atoms with Crippen molar-refractivity contribution in [1.82, 2.24) is 15.0 Å². The normalized spacial score (nSPS) is 10.8. The third-order valence-electron chi connectivity index (χ3n) is 2.85. The first-order chi connectivity index (χ1) is 8.53. The van der Waals surface area contributed by atoms with Gasteiger partial charge in [0.2, 0.25) is 17.2 Å². The van der Waals surface area contributed by atoms with Gasteiger partial charge in [0.1, 0.15) is 0 Å². The highest BCUT2D eigenvalue weighted by Crippen LogP contribution is 2.18. The lowest BCUT2D eigenvalue weighted by atomic mass is 10.3. The van der Waals surface area contributed by atoms with Crippen LogP contribution < -0.4 is 9.80 Å². The SMILES string of the molecule is CCN(CC)c1nc(Cl)nc(N(CC)C(C)C)n1. The predicted octanol–water partition coefficient (Wildman–Crippen LogP) is 2.61. The molecule has 0 aliphatic rings. The molecule has 0 fully saturated rings. The first-order valence-electron chi connectivity index (χ1n) is 6.46. The zero-order chi connectivity index (χ0) is 13.7. The molecule has 0 spiro atoms. The van der Waals surface area contributed by atoms with Crippen LogP contribution in [-0.4, -0.2) is 40.6 Å². The topological polar surface area (TPSA) is 45.2 Å². The summed E-state index contributed by atoms with van der Waals surface area (Å²) in [7, 11) is 0. The van der Waals surface area contributed by atoms with Gasteiger partial charge in [0.25, 0.3) is 0 Å². The molecular formula is C12H22ClN5. The fourth-order valence-electron chi connectivity index (χ4n) is 1.84. The van der Waals surface area contributed by atoms with E-state index < -0.39 is 0 Å². The molecule has 1 heterocycles. The average molecular weight is 272 g/mol. The van der Waals surface area contributed by atoms with Crippen molar-refractivity contribution >= 4 is 23.5 Å². The molecule has 0 radical (unpaired) electrons. The summed E-state index contributed by atoms with van der Waals surface area (Å²) in [6.07, 6.45) is 0. The standard InChI is InChI=1S/C12H22ClN5/c1-6-17(7-2)11-14-10(13)15-12(16-11)18(8-3)9(4)5/h9H,6-8H2,1-5H3. The van der Waals surface area contributed by atoms with E-state index in [0.29, 0.717) is 17.9 Å². The number of anilines is 2.